The van der Waals surface area contributed by atoms with E-state index in [1.54, 1.807) is 66.2 Å². The second-order valence-electron chi connectivity index (χ2n) is 6.89. The van der Waals surface area contributed by atoms with Crippen LogP contribution in [0.4, 0.5) is 11.4 Å². The molecule has 152 valence electrons. The van der Waals surface area contributed by atoms with Crippen molar-refractivity contribution < 1.29 is 13.3 Å². The Labute approximate surface area is 173 Å². The van der Waals surface area contributed by atoms with Gasteiger partial charge in [-0.1, -0.05) is 29.8 Å². The lowest BCUT2D eigenvalue weighted by atomic mass is 10.2. The van der Waals surface area contributed by atoms with Crippen LogP contribution in [0.25, 0.3) is 22.4 Å². The number of nitrogens with one attached hydrogen (secondary N) is 1. The maximum atomic E-state index is 12.9. The molecule has 0 unspecified atom stereocenters. The summed E-state index contributed by atoms with van der Waals surface area (Å²) in [6.07, 6.45) is 0. The molecular weight excluding hydrogens is 404 g/mol. The van der Waals surface area contributed by atoms with Crippen LogP contribution in [0.15, 0.2) is 71.6 Å². The van der Waals surface area contributed by atoms with Gasteiger partial charge in [0.2, 0.25) is 0 Å². The minimum atomic E-state index is -3.80. The molecule has 0 saturated carbocycles. The first-order valence-corrected chi connectivity index (χ1v) is 10.5. The average Bonchev–Trinajstić information content (AvgIpc) is 3.04. The molecule has 4 aromatic rings. The normalized spacial score (nSPS) is 11.5. The van der Waals surface area contributed by atoms with Crippen LogP contribution in [0.5, 0.6) is 0 Å². The number of nitro groups is 1. The van der Waals surface area contributed by atoms with Crippen molar-refractivity contribution in [3.8, 4) is 11.4 Å². The number of fused-ring (bicyclic) bond motifs is 1. The van der Waals surface area contributed by atoms with Crippen LogP contribution in [0, 0.1) is 17.0 Å². The van der Waals surface area contributed by atoms with E-state index in [-0.39, 0.29) is 10.6 Å². The summed E-state index contributed by atoms with van der Waals surface area (Å²) in [5.41, 5.74) is 2.99. The van der Waals surface area contributed by atoms with E-state index in [2.05, 4.69) is 9.71 Å². The Morgan fingerprint density at radius 2 is 1.73 bits per heavy atom. The van der Waals surface area contributed by atoms with E-state index >= 15 is 0 Å². The van der Waals surface area contributed by atoms with E-state index < -0.39 is 14.9 Å². The number of aryl methyl sites for hydroxylation is 2. The standard InChI is InChI=1S/C21H18N4O4S/c1-14-7-10-16(11-8-14)30(28,29)23-18-6-4-3-5-17(18)21-22-19-13-15(25(26)27)9-12-20(19)24(21)2/h3-13,23H,1-2H3. The largest absolute Gasteiger partial charge is 0.327 e. The van der Waals surface area contributed by atoms with Crippen LogP contribution in [0.3, 0.4) is 0 Å². The Kier molecular flexibility index (Phi) is 4.75. The Hall–Kier alpha value is -3.72. The number of benzene rings is 3. The van der Waals surface area contributed by atoms with E-state index in [1.165, 1.54) is 12.1 Å². The molecule has 1 heterocycles. The number of hydrogen-bond donors (Lipinski definition) is 1. The molecule has 4 rings (SSSR count). The minimum absolute atomic E-state index is 0.0551. The smallest absolute Gasteiger partial charge is 0.271 e. The molecule has 0 radical (unpaired) electrons. The Morgan fingerprint density at radius 1 is 1.03 bits per heavy atom. The van der Waals surface area contributed by atoms with Gasteiger partial charge in [-0.05, 0) is 37.3 Å². The highest BCUT2D eigenvalue weighted by Crippen LogP contribution is 2.32. The van der Waals surface area contributed by atoms with Gasteiger partial charge in [-0.3, -0.25) is 14.8 Å². The molecular formula is C21H18N4O4S. The maximum absolute atomic E-state index is 12.9. The van der Waals surface area contributed by atoms with Gasteiger partial charge in [0.1, 0.15) is 5.82 Å². The Morgan fingerprint density at radius 3 is 2.43 bits per heavy atom. The summed E-state index contributed by atoms with van der Waals surface area (Å²) in [6, 6.07) is 17.9. The highest BCUT2D eigenvalue weighted by Gasteiger charge is 2.20. The zero-order valence-corrected chi connectivity index (χ0v) is 17.1. The molecule has 0 atom stereocenters. The van der Waals surface area contributed by atoms with Gasteiger partial charge in [0.05, 0.1) is 26.5 Å². The molecule has 30 heavy (non-hydrogen) atoms. The van der Waals surface area contributed by atoms with E-state index in [9.17, 15) is 18.5 Å². The lowest BCUT2D eigenvalue weighted by Crippen LogP contribution is -2.14. The number of anilines is 1. The average molecular weight is 422 g/mol. The van der Waals surface area contributed by atoms with Crippen molar-refractivity contribution >= 4 is 32.4 Å². The van der Waals surface area contributed by atoms with Crippen LogP contribution >= 0.6 is 0 Å². The summed E-state index contributed by atoms with van der Waals surface area (Å²) in [7, 11) is -2.02. The minimum Gasteiger partial charge on any atom is -0.327 e. The zero-order valence-electron chi connectivity index (χ0n) is 16.2. The van der Waals surface area contributed by atoms with Gasteiger partial charge in [0, 0.05) is 24.7 Å². The van der Waals surface area contributed by atoms with Crippen molar-refractivity contribution in [2.24, 2.45) is 7.05 Å². The van der Waals surface area contributed by atoms with Crippen LogP contribution in [0.1, 0.15) is 5.56 Å². The molecule has 0 aliphatic carbocycles. The predicted octanol–water partition coefficient (Wildman–Crippen LogP) is 4.26. The van der Waals surface area contributed by atoms with Gasteiger partial charge in [0.15, 0.2) is 0 Å². The molecule has 1 aromatic heterocycles. The lowest BCUT2D eigenvalue weighted by molar-refractivity contribution is -0.384. The molecule has 1 N–H and O–H groups in total. The fourth-order valence-electron chi connectivity index (χ4n) is 3.23. The molecule has 8 nitrogen and oxygen atoms in total. The first kappa shape index (κ1) is 19.6. The van der Waals surface area contributed by atoms with Gasteiger partial charge < -0.3 is 4.57 Å². The number of hydrogen-bond acceptors (Lipinski definition) is 5. The number of para-hydroxylation sites is 1. The predicted molar refractivity (Wildman–Crippen MR) is 115 cm³/mol. The molecule has 0 spiro atoms. The molecule has 3 aromatic carbocycles. The Balaban J connectivity index is 1.79. The highest BCUT2D eigenvalue weighted by molar-refractivity contribution is 7.92. The van der Waals surface area contributed by atoms with Gasteiger partial charge in [0.25, 0.3) is 15.7 Å². The number of nitrogens with zero attached hydrogens (tertiary/aromatic N) is 3. The van der Waals surface area contributed by atoms with Gasteiger partial charge in [-0.25, -0.2) is 13.4 Å². The van der Waals surface area contributed by atoms with Crippen LogP contribution in [-0.2, 0) is 17.1 Å². The quantitative estimate of drug-likeness (QED) is 0.382. The number of rotatable bonds is 5. The molecule has 0 aliphatic heterocycles. The zero-order chi connectivity index (χ0) is 21.5. The number of imidazole rings is 1. The maximum Gasteiger partial charge on any atom is 0.271 e. The number of aromatic nitrogens is 2. The van der Waals surface area contributed by atoms with Gasteiger partial charge >= 0.3 is 0 Å². The van der Waals surface area contributed by atoms with Crippen LogP contribution in [-0.4, -0.2) is 22.9 Å². The third-order valence-electron chi connectivity index (χ3n) is 4.82. The molecule has 0 fully saturated rings. The highest BCUT2D eigenvalue weighted by atomic mass is 32.2. The summed E-state index contributed by atoms with van der Waals surface area (Å²) in [5.74, 6) is 0.493. The van der Waals surface area contributed by atoms with Crippen LogP contribution in [0.2, 0.25) is 0 Å². The first-order chi connectivity index (χ1) is 14.3. The summed E-state index contributed by atoms with van der Waals surface area (Å²) >= 11 is 0. The van der Waals surface area contributed by atoms with Crippen molar-refractivity contribution in [3.05, 3.63) is 82.4 Å². The van der Waals surface area contributed by atoms with Gasteiger partial charge in [-0.15, -0.1) is 0 Å². The fraction of sp³-hybridized carbons (Fsp3) is 0.0952. The molecule has 0 saturated heterocycles. The SMILES string of the molecule is Cc1ccc(S(=O)(=O)Nc2ccccc2-c2nc3cc([N+](=O)[O-])ccc3n2C)cc1. The third-order valence-corrected chi connectivity index (χ3v) is 6.20. The second-order valence-corrected chi connectivity index (χ2v) is 8.57. The van der Waals surface area contributed by atoms with Crippen molar-refractivity contribution in [1.82, 2.24) is 9.55 Å². The summed E-state index contributed by atoms with van der Waals surface area (Å²) in [4.78, 5) is 15.3. The fourth-order valence-corrected chi connectivity index (χ4v) is 4.31. The number of non-ortho nitro benzene ring substituents is 1. The third kappa shape index (κ3) is 3.50. The van der Waals surface area contributed by atoms with E-state index in [4.69, 9.17) is 0 Å². The summed E-state index contributed by atoms with van der Waals surface area (Å²) in [5, 5.41) is 11.1. The number of nitro benzene ring substituents is 1. The lowest BCUT2D eigenvalue weighted by Gasteiger charge is -2.13. The number of sulfonamides is 1. The van der Waals surface area contributed by atoms with Crippen LogP contribution < -0.4 is 4.72 Å². The van der Waals surface area contributed by atoms with E-state index in [1.807, 2.05) is 6.92 Å². The van der Waals surface area contributed by atoms with Gasteiger partial charge in [-0.2, -0.15) is 0 Å². The van der Waals surface area contributed by atoms with Crippen molar-refractivity contribution in [1.29, 1.82) is 0 Å². The second kappa shape index (κ2) is 7.27. The molecule has 0 amide bonds. The molecule has 0 aliphatic rings. The first-order valence-electron chi connectivity index (χ1n) is 9.06. The van der Waals surface area contributed by atoms with E-state index in [0.717, 1.165) is 5.56 Å². The van der Waals surface area contributed by atoms with Crippen molar-refractivity contribution in [3.63, 3.8) is 0 Å². The molecule has 0 bridgehead atoms. The van der Waals surface area contributed by atoms with E-state index in [0.29, 0.717) is 28.1 Å². The Bertz CT molecular complexity index is 1380. The van der Waals surface area contributed by atoms with Crippen molar-refractivity contribution in [2.75, 3.05) is 4.72 Å². The monoisotopic (exact) mass is 422 g/mol. The summed E-state index contributed by atoms with van der Waals surface area (Å²) in [6.45, 7) is 1.88. The molecule has 9 heteroatoms. The van der Waals surface area contributed by atoms with Crippen molar-refractivity contribution in [2.45, 2.75) is 11.8 Å². The summed E-state index contributed by atoms with van der Waals surface area (Å²) < 4.78 is 30.1. The topological polar surface area (TPSA) is 107 Å².